The van der Waals surface area contributed by atoms with Crippen molar-refractivity contribution in [2.24, 2.45) is 5.73 Å². The zero-order chi connectivity index (χ0) is 8.55. The highest BCUT2D eigenvalue weighted by molar-refractivity contribution is 7.15. The Kier molecular flexibility index (Phi) is 1.84. The van der Waals surface area contributed by atoms with E-state index < -0.39 is 0 Å². The summed E-state index contributed by atoms with van der Waals surface area (Å²) in [6.45, 7) is -0.0744. The zero-order valence-electron chi connectivity index (χ0n) is 6.34. The van der Waals surface area contributed by atoms with Crippen LogP contribution in [0.1, 0.15) is 11.9 Å². The molecule has 0 amide bonds. The predicted octanol–water partition coefficient (Wildman–Crippen LogP) is 0.388. The number of aromatic nitrogens is 2. The monoisotopic (exact) mass is 183 g/mol. The number of nitrogens with zero attached hydrogens (tertiary/aromatic N) is 2. The van der Waals surface area contributed by atoms with Gasteiger partial charge in [0.05, 0.1) is 18.8 Å². The first-order chi connectivity index (χ1) is 5.83. The molecule has 2 aromatic rings. The van der Waals surface area contributed by atoms with Crippen molar-refractivity contribution in [3.05, 3.63) is 23.6 Å². The molecule has 2 rings (SSSR count). The van der Waals surface area contributed by atoms with Crippen molar-refractivity contribution < 1.29 is 5.11 Å². The second-order valence-electron chi connectivity index (χ2n) is 2.52. The summed E-state index contributed by atoms with van der Waals surface area (Å²) in [7, 11) is 0. The van der Waals surface area contributed by atoms with Gasteiger partial charge in [-0.2, -0.15) is 0 Å². The van der Waals surface area contributed by atoms with Crippen molar-refractivity contribution >= 4 is 16.2 Å². The molecule has 12 heavy (non-hydrogen) atoms. The van der Waals surface area contributed by atoms with E-state index in [2.05, 4.69) is 4.98 Å². The van der Waals surface area contributed by atoms with E-state index in [4.69, 9.17) is 10.8 Å². The minimum atomic E-state index is -0.387. The molecule has 2 aromatic heterocycles. The van der Waals surface area contributed by atoms with Gasteiger partial charge in [0.1, 0.15) is 10.7 Å². The van der Waals surface area contributed by atoms with Gasteiger partial charge >= 0.3 is 0 Å². The first kappa shape index (κ1) is 7.72. The molecule has 0 aliphatic rings. The van der Waals surface area contributed by atoms with Crippen LogP contribution in [0.2, 0.25) is 0 Å². The van der Waals surface area contributed by atoms with Gasteiger partial charge in [-0.3, -0.25) is 4.40 Å². The second kappa shape index (κ2) is 2.85. The molecule has 0 radical (unpaired) electrons. The van der Waals surface area contributed by atoms with Crippen molar-refractivity contribution in [2.75, 3.05) is 6.61 Å². The first-order valence-electron chi connectivity index (χ1n) is 3.60. The maximum Gasteiger partial charge on any atom is 0.133 e. The quantitative estimate of drug-likeness (QED) is 0.707. The number of aliphatic hydroxyl groups is 1. The van der Waals surface area contributed by atoms with Crippen LogP contribution in [0.4, 0.5) is 0 Å². The fourth-order valence-electron chi connectivity index (χ4n) is 1.11. The largest absolute Gasteiger partial charge is 0.394 e. The second-order valence-corrected chi connectivity index (χ2v) is 3.44. The number of rotatable bonds is 2. The van der Waals surface area contributed by atoms with E-state index in [1.54, 1.807) is 17.5 Å². The number of nitrogens with two attached hydrogens (primary N) is 1. The summed E-state index contributed by atoms with van der Waals surface area (Å²) in [6, 6.07) is -0.387. The summed E-state index contributed by atoms with van der Waals surface area (Å²) in [6.07, 6.45) is 3.66. The predicted molar refractivity (Wildman–Crippen MR) is 47.1 cm³/mol. The van der Waals surface area contributed by atoms with Crippen LogP contribution in [0, 0.1) is 0 Å². The van der Waals surface area contributed by atoms with Gasteiger partial charge in [-0.25, -0.2) is 4.98 Å². The van der Waals surface area contributed by atoms with E-state index in [1.165, 1.54) is 0 Å². The molecule has 0 saturated carbocycles. The summed E-state index contributed by atoms with van der Waals surface area (Å²) >= 11 is 1.60. The Hall–Kier alpha value is -0.910. The van der Waals surface area contributed by atoms with Crippen molar-refractivity contribution in [1.29, 1.82) is 0 Å². The van der Waals surface area contributed by atoms with Gasteiger partial charge in [-0.15, -0.1) is 11.3 Å². The molecule has 0 aliphatic carbocycles. The third-order valence-electron chi connectivity index (χ3n) is 1.72. The van der Waals surface area contributed by atoms with Gasteiger partial charge in [0.15, 0.2) is 0 Å². The molecule has 4 nitrogen and oxygen atoms in total. The van der Waals surface area contributed by atoms with Crippen molar-refractivity contribution in [3.8, 4) is 0 Å². The van der Waals surface area contributed by atoms with E-state index in [0.717, 1.165) is 4.83 Å². The smallest absolute Gasteiger partial charge is 0.133 e. The molecule has 0 aliphatic heterocycles. The third-order valence-corrected chi connectivity index (χ3v) is 2.52. The molecule has 0 unspecified atom stereocenters. The standard InChI is InChI=1S/C7H9N3OS/c8-5(4-11)7-9-3-6-10(7)1-2-12-6/h1-3,5,11H,4,8H2/t5-/m1/s1. The number of aliphatic hydroxyl groups excluding tert-OH is 1. The molecule has 2 heterocycles. The summed E-state index contributed by atoms with van der Waals surface area (Å²) in [5.74, 6) is 0.716. The van der Waals surface area contributed by atoms with E-state index in [1.807, 2.05) is 16.0 Å². The number of fused-ring (bicyclic) bond motifs is 1. The lowest BCUT2D eigenvalue weighted by molar-refractivity contribution is 0.263. The molecule has 5 heteroatoms. The molecule has 0 bridgehead atoms. The lowest BCUT2D eigenvalue weighted by Crippen LogP contribution is -2.17. The fraction of sp³-hybridized carbons (Fsp3) is 0.286. The Morgan fingerprint density at radius 3 is 3.33 bits per heavy atom. The van der Waals surface area contributed by atoms with E-state index in [-0.39, 0.29) is 12.6 Å². The molecule has 3 N–H and O–H groups in total. The molecule has 1 atom stereocenters. The highest BCUT2D eigenvalue weighted by atomic mass is 32.1. The van der Waals surface area contributed by atoms with E-state index in [0.29, 0.717) is 5.82 Å². The Morgan fingerprint density at radius 1 is 1.75 bits per heavy atom. The van der Waals surface area contributed by atoms with Crippen LogP contribution in [0.15, 0.2) is 17.8 Å². The van der Waals surface area contributed by atoms with Crippen molar-refractivity contribution in [2.45, 2.75) is 6.04 Å². The van der Waals surface area contributed by atoms with Crippen LogP contribution in [0.3, 0.4) is 0 Å². The average molecular weight is 183 g/mol. The van der Waals surface area contributed by atoms with Crippen LogP contribution >= 0.6 is 11.3 Å². The van der Waals surface area contributed by atoms with Crippen LogP contribution in [-0.4, -0.2) is 21.1 Å². The van der Waals surface area contributed by atoms with Gasteiger partial charge in [0.25, 0.3) is 0 Å². The Bertz CT molecular complexity index is 381. The maximum atomic E-state index is 8.83. The Balaban J connectivity index is 2.53. The van der Waals surface area contributed by atoms with E-state index in [9.17, 15) is 0 Å². The molecule has 0 fully saturated rings. The molecular formula is C7H9N3OS. The van der Waals surface area contributed by atoms with Crippen LogP contribution < -0.4 is 5.73 Å². The summed E-state index contributed by atoms with van der Waals surface area (Å²) in [4.78, 5) is 5.16. The van der Waals surface area contributed by atoms with Crippen LogP contribution in [0.5, 0.6) is 0 Å². The highest BCUT2D eigenvalue weighted by Gasteiger charge is 2.11. The lowest BCUT2D eigenvalue weighted by Gasteiger charge is -2.04. The van der Waals surface area contributed by atoms with Crippen molar-refractivity contribution in [1.82, 2.24) is 9.38 Å². The number of hydrogen-bond donors (Lipinski definition) is 2. The highest BCUT2D eigenvalue weighted by Crippen LogP contribution is 2.16. The van der Waals surface area contributed by atoms with E-state index >= 15 is 0 Å². The molecule has 0 aromatic carbocycles. The van der Waals surface area contributed by atoms with Gasteiger partial charge in [0.2, 0.25) is 0 Å². The number of thiazole rings is 1. The summed E-state index contributed by atoms with van der Waals surface area (Å²) in [5, 5.41) is 10.8. The molecule has 64 valence electrons. The van der Waals surface area contributed by atoms with Gasteiger partial charge in [0, 0.05) is 11.6 Å². The Labute approximate surface area is 73.3 Å². The lowest BCUT2D eigenvalue weighted by atomic mass is 10.3. The third kappa shape index (κ3) is 1.03. The first-order valence-corrected chi connectivity index (χ1v) is 4.48. The zero-order valence-corrected chi connectivity index (χ0v) is 7.16. The van der Waals surface area contributed by atoms with Crippen molar-refractivity contribution in [3.63, 3.8) is 0 Å². The Morgan fingerprint density at radius 2 is 2.58 bits per heavy atom. The molecule has 0 spiro atoms. The van der Waals surface area contributed by atoms with Gasteiger partial charge < -0.3 is 10.8 Å². The SMILES string of the molecule is N[C@H](CO)c1ncc2sccn12. The maximum absolute atomic E-state index is 8.83. The fourth-order valence-corrected chi connectivity index (χ4v) is 1.82. The van der Waals surface area contributed by atoms with Crippen LogP contribution in [0.25, 0.3) is 4.83 Å². The number of hydrogen-bond acceptors (Lipinski definition) is 4. The van der Waals surface area contributed by atoms with Crippen LogP contribution in [-0.2, 0) is 0 Å². The average Bonchev–Trinajstić information content (AvgIpc) is 2.62. The summed E-state index contributed by atoms with van der Waals surface area (Å²) < 4.78 is 1.89. The molecule has 0 saturated heterocycles. The molecular weight excluding hydrogens is 174 g/mol. The number of imidazole rings is 1. The minimum absolute atomic E-state index is 0.0744. The summed E-state index contributed by atoms with van der Waals surface area (Å²) in [5.41, 5.74) is 5.64. The normalized spacial score (nSPS) is 13.8. The minimum Gasteiger partial charge on any atom is -0.394 e. The van der Waals surface area contributed by atoms with Gasteiger partial charge in [-0.1, -0.05) is 0 Å². The topological polar surface area (TPSA) is 63.5 Å². The van der Waals surface area contributed by atoms with Gasteiger partial charge in [-0.05, 0) is 0 Å².